The molecular weight excluding hydrogens is 222 g/mol. The summed E-state index contributed by atoms with van der Waals surface area (Å²) in [5.74, 6) is -0.283. The van der Waals surface area contributed by atoms with E-state index in [1.165, 1.54) is 5.56 Å². The quantitative estimate of drug-likeness (QED) is 0.805. The average molecular weight is 238 g/mol. The number of benzene rings is 1. The molecule has 0 saturated heterocycles. The predicted molar refractivity (Wildman–Crippen MR) is 68.5 cm³/mol. The van der Waals surface area contributed by atoms with E-state index in [0.29, 0.717) is 5.70 Å². The number of halogens is 1. The first-order valence-corrected chi connectivity index (χ1v) is 5.62. The van der Waals surface area contributed by atoms with Crippen molar-refractivity contribution in [2.45, 2.75) is 20.8 Å². The molecule has 0 radical (unpaired) electrons. The van der Waals surface area contributed by atoms with Crippen LogP contribution in [0.5, 0.6) is 0 Å². The Balaban J connectivity index is 3.04. The summed E-state index contributed by atoms with van der Waals surface area (Å²) in [6, 6.07) is 4.14. The Morgan fingerprint density at radius 3 is 2.25 bits per heavy atom. The number of nitrogens with one attached hydrogen (secondary N) is 1. The molecule has 1 rings (SSSR count). The van der Waals surface area contributed by atoms with Crippen LogP contribution in [0, 0.1) is 20.8 Å². The Morgan fingerprint density at radius 2 is 1.81 bits per heavy atom. The molecule has 0 aliphatic rings. The largest absolute Gasteiger partial charge is 0.325 e. The number of carbonyl (C=O) groups is 1. The van der Waals surface area contributed by atoms with E-state index in [4.69, 9.17) is 11.6 Å². The number of hydrogen-bond acceptors (Lipinski definition) is 1. The van der Waals surface area contributed by atoms with Gasteiger partial charge in [0.25, 0.3) is 0 Å². The highest BCUT2D eigenvalue weighted by Gasteiger charge is 2.09. The van der Waals surface area contributed by atoms with E-state index in [0.717, 1.165) is 16.7 Å². The van der Waals surface area contributed by atoms with E-state index in [-0.39, 0.29) is 11.8 Å². The van der Waals surface area contributed by atoms with Crippen molar-refractivity contribution in [3.05, 3.63) is 41.0 Å². The fourth-order valence-electron chi connectivity index (χ4n) is 1.92. The van der Waals surface area contributed by atoms with Crippen LogP contribution in [-0.2, 0) is 4.79 Å². The number of amides is 1. The van der Waals surface area contributed by atoms with Gasteiger partial charge in [0.2, 0.25) is 5.91 Å². The van der Waals surface area contributed by atoms with Gasteiger partial charge in [0.05, 0.1) is 0 Å². The van der Waals surface area contributed by atoms with Gasteiger partial charge in [-0.05, 0) is 31.9 Å². The van der Waals surface area contributed by atoms with Gasteiger partial charge >= 0.3 is 0 Å². The van der Waals surface area contributed by atoms with Crippen molar-refractivity contribution in [2.24, 2.45) is 0 Å². The number of rotatable bonds is 3. The van der Waals surface area contributed by atoms with Crippen molar-refractivity contribution >= 4 is 23.2 Å². The van der Waals surface area contributed by atoms with E-state index < -0.39 is 0 Å². The number of carbonyl (C=O) groups excluding carboxylic acids is 1. The molecule has 0 heterocycles. The summed E-state index contributed by atoms with van der Waals surface area (Å²) in [5, 5.41) is 2.68. The van der Waals surface area contributed by atoms with Gasteiger partial charge in [-0.25, -0.2) is 0 Å². The molecule has 86 valence electrons. The third-order valence-electron chi connectivity index (χ3n) is 2.39. The van der Waals surface area contributed by atoms with Gasteiger partial charge in [-0.2, -0.15) is 0 Å². The third kappa shape index (κ3) is 2.86. The minimum atomic E-state index is -0.231. The topological polar surface area (TPSA) is 29.1 Å². The summed E-state index contributed by atoms with van der Waals surface area (Å²) in [5.41, 5.74) is 5.02. The molecule has 0 saturated carbocycles. The first-order valence-electron chi connectivity index (χ1n) is 5.08. The molecule has 2 nitrogen and oxygen atoms in total. The van der Waals surface area contributed by atoms with Crippen LogP contribution in [-0.4, -0.2) is 11.8 Å². The van der Waals surface area contributed by atoms with E-state index >= 15 is 0 Å². The maximum atomic E-state index is 11.2. The zero-order valence-corrected chi connectivity index (χ0v) is 10.6. The maximum absolute atomic E-state index is 11.2. The normalized spacial score (nSPS) is 10.0. The molecule has 0 aliphatic heterocycles. The van der Waals surface area contributed by atoms with Gasteiger partial charge < -0.3 is 5.32 Å². The minimum absolute atomic E-state index is 0.0526. The lowest BCUT2D eigenvalue weighted by Crippen LogP contribution is -2.23. The Labute approximate surface area is 101 Å². The minimum Gasteiger partial charge on any atom is -0.325 e. The SMILES string of the molecule is C=C(NC(=O)CCl)c1c(C)cc(C)cc1C. The molecule has 0 bridgehead atoms. The van der Waals surface area contributed by atoms with Crippen molar-refractivity contribution < 1.29 is 4.79 Å². The van der Waals surface area contributed by atoms with E-state index in [2.05, 4.69) is 24.0 Å². The van der Waals surface area contributed by atoms with Gasteiger partial charge in [0, 0.05) is 11.3 Å². The molecule has 0 aromatic heterocycles. The Kier molecular flexibility index (Phi) is 4.13. The second kappa shape index (κ2) is 5.17. The van der Waals surface area contributed by atoms with Gasteiger partial charge in [0.15, 0.2) is 0 Å². The highest BCUT2D eigenvalue weighted by Crippen LogP contribution is 2.21. The predicted octanol–water partition coefficient (Wildman–Crippen LogP) is 2.94. The van der Waals surface area contributed by atoms with Crippen LogP contribution < -0.4 is 5.32 Å². The van der Waals surface area contributed by atoms with Crippen LogP contribution >= 0.6 is 11.6 Å². The van der Waals surface area contributed by atoms with Gasteiger partial charge in [-0.3, -0.25) is 4.79 Å². The molecule has 0 atom stereocenters. The number of alkyl halides is 1. The molecule has 1 aromatic carbocycles. The highest BCUT2D eigenvalue weighted by atomic mass is 35.5. The fourth-order valence-corrected chi connectivity index (χ4v) is 1.99. The smallest absolute Gasteiger partial charge is 0.239 e. The standard InChI is InChI=1S/C13H16ClNO/c1-8-5-9(2)13(10(3)6-8)11(4)15-12(16)7-14/h5-6H,4,7H2,1-3H3,(H,15,16). The summed E-state index contributed by atoms with van der Waals surface area (Å²) in [6.07, 6.45) is 0. The zero-order chi connectivity index (χ0) is 12.3. The van der Waals surface area contributed by atoms with Crippen molar-refractivity contribution in [3.63, 3.8) is 0 Å². The van der Waals surface area contributed by atoms with Gasteiger partial charge in [0.1, 0.15) is 5.88 Å². The molecule has 1 aromatic rings. The van der Waals surface area contributed by atoms with Crippen molar-refractivity contribution in [1.82, 2.24) is 5.32 Å². The lowest BCUT2D eigenvalue weighted by molar-refractivity contribution is -0.117. The number of hydrogen-bond donors (Lipinski definition) is 1. The van der Waals surface area contributed by atoms with Crippen molar-refractivity contribution in [3.8, 4) is 0 Å². The summed E-state index contributed by atoms with van der Waals surface area (Å²) < 4.78 is 0. The highest BCUT2D eigenvalue weighted by molar-refractivity contribution is 6.27. The van der Waals surface area contributed by atoms with Crippen LogP contribution in [0.1, 0.15) is 22.3 Å². The van der Waals surface area contributed by atoms with Crippen LogP contribution in [0.25, 0.3) is 5.70 Å². The second-order valence-electron chi connectivity index (χ2n) is 3.93. The van der Waals surface area contributed by atoms with Crippen LogP contribution in [0.4, 0.5) is 0 Å². The summed E-state index contributed by atoms with van der Waals surface area (Å²) in [7, 11) is 0. The summed E-state index contributed by atoms with van der Waals surface area (Å²) in [6.45, 7) is 9.93. The summed E-state index contributed by atoms with van der Waals surface area (Å²) >= 11 is 5.44. The van der Waals surface area contributed by atoms with E-state index in [1.54, 1.807) is 0 Å². The molecule has 1 amide bonds. The molecule has 3 heteroatoms. The molecule has 16 heavy (non-hydrogen) atoms. The first kappa shape index (κ1) is 12.8. The molecule has 0 spiro atoms. The summed E-state index contributed by atoms with van der Waals surface area (Å²) in [4.78, 5) is 11.2. The van der Waals surface area contributed by atoms with Crippen LogP contribution in [0.15, 0.2) is 18.7 Å². The first-order chi connectivity index (χ1) is 7.45. The fraction of sp³-hybridized carbons (Fsp3) is 0.308. The maximum Gasteiger partial charge on any atom is 0.239 e. The average Bonchev–Trinajstić information content (AvgIpc) is 2.15. The monoisotopic (exact) mass is 237 g/mol. The molecule has 0 unspecified atom stereocenters. The van der Waals surface area contributed by atoms with Crippen molar-refractivity contribution in [1.29, 1.82) is 0 Å². The Hall–Kier alpha value is -1.28. The third-order valence-corrected chi connectivity index (χ3v) is 2.63. The van der Waals surface area contributed by atoms with Crippen LogP contribution in [0.2, 0.25) is 0 Å². The molecule has 0 fully saturated rings. The van der Waals surface area contributed by atoms with Crippen molar-refractivity contribution in [2.75, 3.05) is 5.88 Å². The van der Waals surface area contributed by atoms with Crippen LogP contribution in [0.3, 0.4) is 0 Å². The van der Waals surface area contributed by atoms with E-state index in [1.807, 2.05) is 20.8 Å². The lowest BCUT2D eigenvalue weighted by Gasteiger charge is -2.14. The Bertz CT molecular complexity index is 415. The van der Waals surface area contributed by atoms with Gasteiger partial charge in [-0.15, -0.1) is 11.6 Å². The molecular formula is C13H16ClNO. The zero-order valence-electron chi connectivity index (χ0n) is 9.86. The van der Waals surface area contributed by atoms with Gasteiger partial charge in [-0.1, -0.05) is 24.3 Å². The Morgan fingerprint density at radius 1 is 1.31 bits per heavy atom. The van der Waals surface area contributed by atoms with E-state index in [9.17, 15) is 4.79 Å². The number of aryl methyl sites for hydroxylation is 3. The second-order valence-corrected chi connectivity index (χ2v) is 4.20. The molecule has 1 N–H and O–H groups in total. The lowest BCUT2D eigenvalue weighted by atomic mass is 9.98. The molecule has 0 aliphatic carbocycles.